The van der Waals surface area contributed by atoms with Crippen molar-refractivity contribution < 1.29 is 14.3 Å². The zero-order valence-electron chi connectivity index (χ0n) is 13.4. The van der Waals surface area contributed by atoms with Crippen molar-refractivity contribution in [3.05, 3.63) is 70.3 Å². The van der Waals surface area contributed by atoms with Gasteiger partial charge in [-0.25, -0.2) is 9.78 Å². The Hall–Kier alpha value is -2.47. The van der Waals surface area contributed by atoms with Gasteiger partial charge < -0.3 is 10.1 Å². The average Bonchev–Trinajstić information content (AvgIpc) is 2.61. The summed E-state index contributed by atoms with van der Waals surface area (Å²) in [7, 11) is 1.33. The molecule has 1 heterocycles. The van der Waals surface area contributed by atoms with E-state index in [4.69, 9.17) is 0 Å². The summed E-state index contributed by atoms with van der Waals surface area (Å²) in [5.74, 6) is -0.471. The summed E-state index contributed by atoms with van der Waals surface area (Å²) in [4.78, 5) is 27.9. The molecular formula is C18H17BrN2O3. The molecule has 0 aliphatic heterocycles. The molecule has 0 saturated heterocycles. The third-order valence-corrected chi connectivity index (χ3v) is 4.28. The highest BCUT2D eigenvalue weighted by Crippen LogP contribution is 2.25. The number of esters is 1. The molecule has 2 aromatic rings. The molecule has 0 bridgehead atoms. The molecule has 1 N–H and O–H groups in total. The number of pyridine rings is 1. The van der Waals surface area contributed by atoms with Crippen molar-refractivity contribution in [2.24, 2.45) is 0 Å². The molecule has 1 unspecified atom stereocenters. The first-order chi connectivity index (χ1) is 11.4. The molecule has 1 aromatic carbocycles. The molecule has 5 nitrogen and oxygen atoms in total. The second-order valence-electron chi connectivity index (χ2n) is 5.15. The lowest BCUT2D eigenvalue weighted by atomic mass is 9.92. The van der Waals surface area contributed by atoms with Crippen LogP contribution >= 0.6 is 15.9 Å². The van der Waals surface area contributed by atoms with Crippen LogP contribution in [0, 0.1) is 0 Å². The Balaban J connectivity index is 2.10. The molecule has 0 aliphatic carbocycles. The summed E-state index contributed by atoms with van der Waals surface area (Å²) in [6, 6.07) is 10.5. The number of hydrogen-bond donors (Lipinski definition) is 1. The fraction of sp³-hybridized carbons (Fsp3) is 0.167. The number of carbonyl (C=O) groups excluding carboxylic acids is 2. The van der Waals surface area contributed by atoms with Gasteiger partial charge >= 0.3 is 5.97 Å². The van der Waals surface area contributed by atoms with Crippen molar-refractivity contribution in [2.45, 2.75) is 12.8 Å². The largest absolute Gasteiger partial charge is 0.465 e. The van der Waals surface area contributed by atoms with E-state index < -0.39 is 5.97 Å². The van der Waals surface area contributed by atoms with Crippen molar-refractivity contribution in [3.63, 3.8) is 0 Å². The summed E-state index contributed by atoms with van der Waals surface area (Å²) >= 11 is 3.33. The van der Waals surface area contributed by atoms with Gasteiger partial charge in [0.2, 0.25) is 0 Å². The number of amides is 1. The SMILES string of the molecule is C=C(C(=O)Nc1ncccc1Br)C(C)c1ccc(C(=O)OC)cc1. The van der Waals surface area contributed by atoms with Crippen molar-refractivity contribution in [3.8, 4) is 0 Å². The fourth-order valence-corrected chi connectivity index (χ4v) is 2.44. The predicted molar refractivity (Wildman–Crippen MR) is 95.9 cm³/mol. The molecule has 0 spiro atoms. The van der Waals surface area contributed by atoms with Gasteiger partial charge in [0.25, 0.3) is 5.91 Å². The number of hydrogen-bond acceptors (Lipinski definition) is 4. The lowest BCUT2D eigenvalue weighted by Crippen LogP contribution is -2.18. The second kappa shape index (κ2) is 7.88. The Labute approximate surface area is 148 Å². The van der Waals surface area contributed by atoms with Gasteiger partial charge in [-0.2, -0.15) is 0 Å². The van der Waals surface area contributed by atoms with Gasteiger partial charge in [0, 0.05) is 17.7 Å². The molecule has 1 amide bonds. The summed E-state index contributed by atoms with van der Waals surface area (Å²) < 4.78 is 5.36. The third-order valence-electron chi connectivity index (χ3n) is 3.64. The van der Waals surface area contributed by atoms with Gasteiger partial charge in [-0.05, 0) is 45.8 Å². The van der Waals surface area contributed by atoms with E-state index in [0.717, 1.165) is 5.56 Å². The lowest BCUT2D eigenvalue weighted by molar-refractivity contribution is -0.113. The molecule has 6 heteroatoms. The number of methoxy groups -OCH3 is 1. The highest BCUT2D eigenvalue weighted by Gasteiger charge is 2.18. The van der Waals surface area contributed by atoms with Crippen LogP contribution in [0.15, 0.2) is 59.2 Å². The number of rotatable bonds is 5. The zero-order valence-corrected chi connectivity index (χ0v) is 15.0. The monoisotopic (exact) mass is 388 g/mol. The van der Waals surface area contributed by atoms with E-state index in [1.54, 1.807) is 42.6 Å². The highest BCUT2D eigenvalue weighted by molar-refractivity contribution is 9.10. The molecule has 124 valence electrons. The van der Waals surface area contributed by atoms with Crippen molar-refractivity contribution in [1.29, 1.82) is 0 Å². The molecule has 0 radical (unpaired) electrons. The Morgan fingerprint density at radius 3 is 2.50 bits per heavy atom. The van der Waals surface area contributed by atoms with Crippen LogP contribution in [-0.2, 0) is 9.53 Å². The number of carbonyl (C=O) groups is 2. The van der Waals surface area contributed by atoms with Crippen LogP contribution < -0.4 is 5.32 Å². The second-order valence-corrected chi connectivity index (χ2v) is 6.00. The van der Waals surface area contributed by atoms with Crippen LogP contribution in [-0.4, -0.2) is 24.0 Å². The van der Waals surface area contributed by atoms with Gasteiger partial charge in [-0.3, -0.25) is 4.79 Å². The van der Waals surface area contributed by atoms with Gasteiger partial charge in [0.1, 0.15) is 5.82 Å². The summed E-state index contributed by atoms with van der Waals surface area (Å²) in [6.07, 6.45) is 1.60. The van der Waals surface area contributed by atoms with Crippen LogP contribution in [0.5, 0.6) is 0 Å². The normalized spacial score (nSPS) is 11.5. The first kappa shape index (κ1) is 17.9. The first-order valence-corrected chi connectivity index (χ1v) is 8.02. The van der Waals surface area contributed by atoms with Crippen LogP contribution in [0.3, 0.4) is 0 Å². The molecule has 0 saturated carbocycles. The summed E-state index contributed by atoms with van der Waals surface area (Å²) in [5.41, 5.74) is 1.74. The maximum absolute atomic E-state index is 12.4. The minimum absolute atomic E-state index is 0.209. The third kappa shape index (κ3) is 4.08. The van der Waals surface area contributed by atoms with E-state index in [9.17, 15) is 9.59 Å². The van der Waals surface area contributed by atoms with Crippen molar-refractivity contribution >= 4 is 33.6 Å². The zero-order chi connectivity index (χ0) is 17.7. The molecular weight excluding hydrogens is 372 g/mol. The first-order valence-electron chi connectivity index (χ1n) is 7.23. The Morgan fingerprint density at radius 2 is 1.92 bits per heavy atom. The highest BCUT2D eigenvalue weighted by atomic mass is 79.9. The number of halogens is 1. The number of nitrogens with zero attached hydrogens (tertiary/aromatic N) is 1. The van der Waals surface area contributed by atoms with Gasteiger partial charge in [0.05, 0.1) is 17.1 Å². The van der Waals surface area contributed by atoms with Crippen LogP contribution in [0.4, 0.5) is 5.82 Å². The minimum atomic E-state index is -0.397. The van der Waals surface area contributed by atoms with Gasteiger partial charge in [-0.1, -0.05) is 25.6 Å². The quantitative estimate of drug-likeness (QED) is 0.622. The Bertz CT molecular complexity index is 772. The molecule has 2 rings (SSSR count). The molecule has 1 aromatic heterocycles. The Morgan fingerprint density at radius 1 is 1.25 bits per heavy atom. The lowest BCUT2D eigenvalue weighted by Gasteiger charge is -2.15. The molecule has 24 heavy (non-hydrogen) atoms. The summed E-state index contributed by atoms with van der Waals surface area (Å²) in [6.45, 7) is 5.76. The van der Waals surface area contributed by atoms with Crippen molar-refractivity contribution in [2.75, 3.05) is 12.4 Å². The van der Waals surface area contributed by atoms with Crippen LogP contribution in [0.1, 0.15) is 28.8 Å². The predicted octanol–water partition coefficient (Wildman–Crippen LogP) is 3.93. The maximum atomic E-state index is 12.4. The van der Waals surface area contributed by atoms with Crippen LogP contribution in [0.2, 0.25) is 0 Å². The van der Waals surface area contributed by atoms with E-state index in [0.29, 0.717) is 21.4 Å². The molecule has 0 aliphatic rings. The van der Waals surface area contributed by atoms with E-state index in [2.05, 4.69) is 37.5 Å². The number of anilines is 1. The van der Waals surface area contributed by atoms with Crippen molar-refractivity contribution in [1.82, 2.24) is 4.98 Å². The minimum Gasteiger partial charge on any atom is -0.465 e. The smallest absolute Gasteiger partial charge is 0.337 e. The molecule has 0 fully saturated rings. The average molecular weight is 389 g/mol. The number of ether oxygens (including phenoxy) is 1. The molecule has 1 atom stereocenters. The van der Waals surface area contributed by atoms with Gasteiger partial charge in [0.15, 0.2) is 0 Å². The Kier molecular flexibility index (Phi) is 5.87. The summed E-state index contributed by atoms with van der Waals surface area (Å²) in [5, 5.41) is 2.73. The number of nitrogens with one attached hydrogen (secondary N) is 1. The van der Waals surface area contributed by atoms with E-state index in [-0.39, 0.29) is 11.8 Å². The topological polar surface area (TPSA) is 68.3 Å². The van der Waals surface area contributed by atoms with Crippen LogP contribution in [0.25, 0.3) is 0 Å². The fourth-order valence-electron chi connectivity index (χ4n) is 2.09. The number of benzene rings is 1. The van der Waals surface area contributed by atoms with E-state index in [1.165, 1.54) is 7.11 Å². The van der Waals surface area contributed by atoms with Gasteiger partial charge in [-0.15, -0.1) is 0 Å². The van der Waals surface area contributed by atoms with E-state index >= 15 is 0 Å². The maximum Gasteiger partial charge on any atom is 0.337 e. The standard InChI is InChI=1S/C18H17BrN2O3/c1-11(13-6-8-14(9-7-13)18(23)24-3)12(2)17(22)21-16-15(19)5-4-10-20-16/h4-11H,2H2,1,3H3,(H,20,21,22). The van der Waals surface area contributed by atoms with E-state index in [1.807, 2.05) is 6.92 Å². The number of aromatic nitrogens is 1.